The van der Waals surface area contributed by atoms with Crippen LogP contribution in [0.25, 0.3) is 0 Å². The highest BCUT2D eigenvalue weighted by Crippen LogP contribution is 2.19. The van der Waals surface area contributed by atoms with Gasteiger partial charge in [0, 0.05) is 0 Å². The highest BCUT2D eigenvalue weighted by molar-refractivity contribution is 5.32. The maximum absolute atomic E-state index is 5.14. The summed E-state index contributed by atoms with van der Waals surface area (Å²) in [4.78, 5) is 10.0. The second kappa shape index (κ2) is 5.60. The average molecular weight is 180 g/mol. The van der Waals surface area contributed by atoms with E-state index in [2.05, 4.69) is 13.0 Å². The zero-order valence-corrected chi connectivity index (χ0v) is 8.25. The van der Waals surface area contributed by atoms with Gasteiger partial charge in [-0.3, -0.25) is 0 Å². The molecule has 0 radical (unpaired) electrons. The van der Waals surface area contributed by atoms with E-state index in [1.807, 2.05) is 25.1 Å². The zero-order valence-electron chi connectivity index (χ0n) is 8.25. The van der Waals surface area contributed by atoms with Crippen LogP contribution in [0.1, 0.15) is 25.8 Å². The quantitative estimate of drug-likeness (QED) is 0.512. The fourth-order valence-electron chi connectivity index (χ4n) is 1.18. The summed E-state index contributed by atoms with van der Waals surface area (Å²) in [5.41, 5.74) is 1.21. The predicted molar refractivity (Wildman–Crippen MR) is 52.7 cm³/mol. The van der Waals surface area contributed by atoms with Gasteiger partial charge in [0.15, 0.2) is 5.75 Å². The van der Waals surface area contributed by atoms with Crippen molar-refractivity contribution in [3.05, 3.63) is 29.8 Å². The third-order valence-corrected chi connectivity index (χ3v) is 1.76. The van der Waals surface area contributed by atoms with Gasteiger partial charge in [-0.05, 0) is 25.0 Å². The second-order valence-electron chi connectivity index (χ2n) is 2.85. The number of aryl methyl sites for hydroxylation is 1. The number of rotatable bonds is 5. The van der Waals surface area contributed by atoms with E-state index in [4.69, 9.17) is 9.78 Å². The van der Waals surface area contributed by atoms with Gasteiger partial charge in [-0.25, -0.2) is 0 Å². The molecule has 0 saturated carbocycles. The summed E-state index contributed by atoms with van der Waals surface area (Å²) in [5.74, 6) is 0.839. The summed E-state index contributed by atoms with van der Waals surface area (Å²) in [7, 11) is 0. The van der Waals surface area contributed by atoms with Gasteiger partial charge in [-0.15, -0.1) is 0 Å². The van der Waals surface area contributed by atoms with Gasteiger partial charge in [0.1, 0.15) is 0 Å². The van der Waals surface area contributed by atoms with Crippen molar-refractivity contribution in [2.75, 3.05) is 6.61 Å². The minimum absolute atomic E-state index is 0.570. The Labute approximate surface area is 79.4 Å². The molecule has 1 rings (SSSR count). The lowest BCUT2D eigenvalue weighted by Crippen LogP contribution is -1.98. The van der Waals surface area contributed by atoms with E-state index in [1.165, 1.54) is 5.56 Å². The Morgan fingerprint density at radius 2 is 1.92 bits per heavy atom. The largest absolute Gasteiger partial charge is 0.337 e. The lowest BCUT2D eigenvalue weighted by atomic mass is 10.1. The summed E-state index contributed by atoms with van der Waals surface area (Å²) >= 11 is 0. The maximum atomic E-state index is 5.14. The molecule has 0 amide bonds. The van der Waals surface area contributed by atoms with Crippen molar-refractivity contribution in [1.29, 1.82) is 0 Å². The molecule has 0 N–H and O–H groups in total. The summed E-state index contributed by atoms with van der Waals surface area (Å²) in [6.07, 6.45) is 2.15. The van der Waals surface area contributed by atoms with Gasteiger partial charge in [0.25, 0.3) is 0 Å². The Bertz CT molecular complexity index is 246. The van der Waals surface area contributed by atoms with Crippen molar-refractivity contribution in [1.82, 2.24) is 0 Å². The fraction of sp³-hybridized carbons (Fsp3) is 0.455. The van der Waals surface area contributed by atoms with E-state index in [9.17, 15) is 0 Å². The topological polar surface area (TPSA) is 18.5 Å². The van der Waals surface area contributed by atoms with Crippen LogP contribution in [-0.4, -0.2) is 6.61 Å². The molecule has 2 heteroatoms. The smallest absolute Gasteiger partial charge is 0.168 e. The molecule has 0 spiro atoms. The first-order valence-corrected chi connectivity index (χ1v) is 4.75. The second-order valence-corrected chi connectivity index (χ2v) is 2.85. The van der Waals surface area contributed by atoms with Crippen LogP contribution in [0.15, 0.2) is 24.3 Å². The van der Waals surface area contributed by atoms with Gasteiger partial charge in [-0.2, -0.15) is 4.89 Å². The van der Waals surface area contributed by atoms with Gasteiger partial charge >= 0.3 is 0 Å². The Kier molecular flexibility index (Phi) is 4.33. The predicted octanol–water partition coefficient (Wildman–Crippen LogP) is 2.97. The summed E-state index contributed by atoms with van der Waals surface area (Å²) in [5, 5.41) is 0. The van der Waals surface area contributed by atoms with Crippen LogP contribution in [0.5, 0.6) is 5.75 Å². The molecule has 0 aliphatic heterocycles. The van der Waals surface area contributed by atoms with Gasteiger partial charge in [0.05, 0.1) is 6.61 Å². The van der Waals surface area contributed by atoms with Gasteiger partial charge in [-0.1, -0.05) is 31.5 Å². The molecule has 0 bridgehead atoms. The summed E-state index contributed by atoms with van der Waals surface area (Å²) < 4.78 is 0. The van der Waals surface area contributed by atoms with E-state index >= 15 is 0 Å². The molecule has 1 aromatic carbocycles. The first-order chi connectivity index (χ1) is 6.38. The molecule has 0 heterocycles. The molecule has 0 saturated heterocycles. The lowest BCUT2D eigenvalue weighted by molar-refractivity contribution is -0.202. The Hall–Kier alpha value is -1.02. The van der Waals surface area contributed by atoms with Crippen LogP contribution >= 0.6 is 0 Å². The SMILES string of the molecule is CCCc1ccccc1OOCC. The molecule has 1 aromatic rings. The minimum atomic E-state index is 0.570. The first-order valence-electron chi connectivity index (χ1n) is 4.75. The van der Waals surface area contributed by atoms with E-state index in [-0.39, 0.29) is 0 Å². The average Bonchev–Trinajstić information content (AvgIpc) is 2.17. The van der Waals surface area contributed by atoms with Crippen molar-refractivity contribution >= 4 is 0 Å². The molecule has 2 nitrogen and oxygen atoms in total. The van der Waals surface area contributed by atoms with Gasteiger partial charge < -0.3 is 4.89 Å². The minimum Gasteiger partial charge on any atom is -0.337 e. The van der Waals surface area contributed by atoms with E-state index < -0.39 is 0 Å². The van der Waals surface area contributed by atoms with Crippen molar-refractivity contribution in [2.24, 2.45) is 0 Å². The van der Waals surface area contributed by atoms with Crippen molar-refractivity contribution in [2.45, 2.75) is 26.7 Å². The molecule has 0 atom stereocenters. The number of benzene rings is 1. The monoisotopic (exact) mass is 180 g/mol. The Balaban J connectivity index is 2.66. The zero-order chi connectivity index (χ0) is 9.52. The number of hydrogen-bond acceptors (Lipinski definition) is 2. The molecule has 0 aliphatic rings. The summed E-state index contributed by atoms with van der Waals surface area (Å²) in [6.45, 7) is 4.63. The molecule has 72 valence electrons. The molecular formula is C11H16O2. The van der Waals surface area contributed by atoms with Crippen LogP contribution in [0.4, 0.5) is 0 Å². The molecule has 13 heavy (non-hydrogen) atoms. The van der Waals surface area contributed by atoms with Crippen LogP contribution in [-0.2, 0) is 11.3 Å². The van der Waals surface area contributed by atoms with Crippen LogP contribution < -0.4 is 4.89 Å². The van der Waals surface area contributed by atoms with Crippen molar-refractivity contribution < 1.29 is 9.78 Å². The third-order valence-electron chi connectivity index (χ3n) is 1.76. The van der Waals surface area contributed by atoms with E-state index in [1.54, 1.807) is 0 Å². The van der Waals surface area contributed by atoms with Crippen molar-refractivity contribution in [3.8, 4) is 5.75 Å². The molecule has 0 aliphatic carbocycles. The Morgan fingerprint density at radius 3 is 2.62 bits per heavy atom. The van der Waals surface area contributed by atoms with Crippen LogP contribution in [0.3, 0.4) is 0 Å². The summed E-state index contributed by atoms with van der Waals surface area (Å²) in [6, 6.07) is 7.97. The molecule has 0 fully saturated rings. The van der Waals surface area contributed by atoms with Gasteiger partial charge in [0.2, 0.25) is 0 Å². The van der Waals surface area contributed by atoms with Crippen LogP contribution in [0, 0.1) is 0 Å². The Morgan fingerprint density at radius 1 is 1.15 bits per heavy atom. The third kappa shape index (κ3) is 3.07. The fourth-order valence-corrected chi connectivity index (χ4v) is 1.18. The van der Waals surface area contributed by atoms with Crippen LogP contribution in [0.2, 0.25) is 0 Å². The normalized spacial score (nSPS) is 10.0. The highest BCUT2D eigenvalue weighted by Gasteiger charge is 2.01. The lowest BCUT2D eigenvalue weighted by Gasteiger charge is -2.07. The highest BCUT2D eigenvalue weighted by atomic mass is 17.2. The number of para-hydroxylation sites is 1. The maximum Gasteiger partial charge on any atom is 0.168 e. The first kappa shape index (κ1) is 10.1. The van der Waals surface area contributed by atoms with E-state index in [0.717, 1.165) is 18.6 Å². The molecule has 0 unspecified atom stereocenters. The molecular weight excluding hydrogens is 164 g/mol. The molecule has 0 aromatic heterocycles. The standard InChI is InChI=1S/C11H16O2/c1-3-7-10-8-5-6-9-11(10)13-12-4-2/h5-6,8-9H,3-4,7H2,1-2H3. The van der Waals surface area contributed by atoms with Crippen molar-refractivity contribution in [3.63, 3.8) is 0 Å². The number of hydrogen-bond donors (Lipinski definition) is 0. The van der Waals surface area contributed by atoms with E-state index in [0.29, 0.717) is 6.61 Å².